The van der Waals surface area contributed by atoms with Gasteiger partial charge in [0.15, 0.2) is 0 Å². The molecule has 0 bridgehead atoms. The molecule has 0 spiro atoms. The summed E-state index contributed by atoms with van der Waals surface area (Å²) in [5.41, 5.74) is 4.21. The van der Waals surface area contributed by atoms with Gasteiger partial charge in [-0.3, -0.25) is 4.84 Å². The molecule has 1 saturated carbocycles. The predicted octanol–water partition coefficient (Wildman–Crippen LogP) is 2.69. The standard InChI is InChI=1S/C16H25NO2/c1-13(11-14-7-3-2-4-8-14)16(18)12-17-19-15-9-5-6-10-15/h2-4,7-8,13,15-18H,5-6,9-12H2,1H3/t13-,16+/m0/s1. The van der Waals surface area contributed by atoms with E-state index in [1.807, 2.05) is 18.2 Å². The van der Waals surface area contributed by atoms with Gasteiger partial charge in [0.1, 0.15) is 0 Å². The molecule has 0 aliphatic heterocycles. The summed E-state index contributed by atoms with van der Waals surface area (Å²) in [5.74, 6) is 0.224. The zero-order chi connectivity index (χ0) is 13.5. The van der Waals surface area contributed by atoms with Gasteiger partial charge in [-0.1, -0.05) is 50.1 Å². The van der Waals surface area contributed by atoms with Gasteiger partial charge in [-0.15, -0.1) is 0 Å². The van der Waals surface area contributed by atoms with Crippen molar-refractivity contribution in [3.63, 3.8) is 0 Å². The zero-order valence-electron chi connectivity index (χ0n) is 11.7. The Labute approximate surface area is 115 Å². The molecule has 2 N–H and O–H groups in total. The highest BCUT2D eigenvalue weighted by molar-refractivity contribution is 5.15. The molecule has 106 valence electrons. The van der Waals surface area contributed by atoms with Gasteiger partial charge in [0.2, 0.25) is 0 Å². The van der Waals surface area contributed by atoms with E-state index in [1.165, 1.54) is 18.4 Å². The topological polar surface area (TPSA) is 41.5 Å². The summed E-state index contributed by atoms with van der Waals surface area (Å²) in [6, 6.07) is 10.3. The average Bonchev–Trinajstić information content (AvgIpc) is 2.93. The maximum absolute atomic E-state index is 10.1. The molecule has 0 aromatic heterocycles. The largest absolute Gasteiger partial charge is 0.391 e. The Kier molecular flexibility index (Phi) is 5.83. The molecule has 0 unspecified atom stereocenters. The van der Waals surface area contributed by atoms with Crippen LogP contribution in [-0.2, 0) is 11.3 Å². The van der Waals surface area contributed by atoms with E-state index >= 15 is 0 Å². The van der Waals surface area contributed by atoms with Crippen LogP contribution in [0.4, 0.5) is 0 Å². The molecule has 0 heterocycles. The van der Waals surface area contributed by atoms with Gasteiger partial charge in [0.25, 0.3) is 0 Å². The van der Waals surface area contributed by atoms with Gasteiger partial charge in [-0.2, -0.15) is 5.48 Å². The Hall–Kier alpha value is -0.900. The summed E-state index contributed by atoms with van der Waals surface area (Å²) in [6.07, 6.45) is 5.68. The molecule has 3 heteroatoms. The minimum Gasteiger partial charge on any atom is -0.391 e. The number of nitrogens with one attached hydrogen (secondary N) is 1. The summed E-state index contributed by atoms with van der Waals surface area (Å²) < 4.78 is 0. The molecule has 1 aromatic rings. The van der Waals surface area contributed by atoms with Crippen molar-refractivity contribution in [2.45, 2.75) is 51.2 Å². The van der Waals surface area contributed by atoms with Crippen LogP contribution in [0.15, 0.2) is 30.3 Å². The van der Waals surface area contributed by atoms with Crippen molar-refractivity contribution in [2.24, 2.45) is 5.92 Å². The van der Waals surface area contributed by atoms with Crippen LogP contribution in [0.2, 0.25) is 0 Å². The fraction of sp³-hybridized carbons (Fsp3) is 0.625. The van der Waals surface area contributed by atoms with Crippen molar-refractivity contribution < 1.29 is 9.94 Å². The fourth-order valence-corrected chi connectivity index (χ4v) is 2.58. The van der Waals surface area contributed by atoms with Crippen LogP contribution in [0.1, 0.15) is 38.2 Å². The summed E-state index contributed by atoms with van der Waals surface area (Å²) in [4.78, 5) is 5.56. The van der Waals surface area contributed by atoms with E-state index in [9.17, 15) is 5.11 Å². The molecular formula is C16H25NO2. The first-order valence-corrected chi connectivity index (χ1v) is 7.36. The Morgan fingerprint density at radius 3 is 2.63 bits per heavy atom. The Morgan fingerprint density at radius 1 is 1.26 bits per heavy atom. The number of hydroxylamine groups is 1. The Balaban J connectivity index is 1.65. The maximum atomic E-state index is 10.1. The first-order valence-electron chi connectivity index (χ1n) is 7.36. The van der Waals surface area contributed by atoms with Gasteiger partial charge in [0, 0.05) is 6.54 Å². The molecule has 0 saturated heterocycles. The van der Waals surface area contributed by atoms with E-state index in [1.54, 1.807) is 0 Å². The molecule has 0 amide bonds. The molecule has 1 aliphatic carbocycles. The van der Waals surface area contributed by atoms with Gasteiger partial charge in [-0.25, -0.2) is 0 Å². The average molecular weight is 263 g/mol. The summed E-state index contributed by atoms with van der Waals surface area (Å²) in [6.45, 7) is 2.58. The quantitative estimate of drug-likeness (QED) is 0.743. The number of aliphatic hydroxyl groups excluding tert-OH is 1. The molecule has 2 rings (SSSR count). The van der Waals surface area contributed by atoms with Crippen LogP contribution < -0.4 is 5.48 Å². The first-order chi connectivity index (χ1) is 9.25. The second-order valence-corrected chi connectivity index (χ2v) is 5.61. The normalized spacial score (nSPS) is 19.5. The summed E-state index contributed by atoms with van der Waals surface area (Å²) in [7, 11) is 0. The van der Waals surface area contributed by atoms with Gasteiger partial charge >= 0.3 is 0 Å². The second kappa shape index (κ2) is 7.63. The molecule has 2 atom stereocenters. The van der Waals surface area contributed by atoms with Gasteiger partial charge < -0.3 is 5.11 Å². The molecule has 1 aliphatic rings. The highest BCUT2D eigenvalue weighted by atomic mass is 16.7. The predicted molar refractivity (Wildman–Crippen MR) is 76.7 cm³/mol. The second-order valence-electron chi connectivity index (χ2n) is 5.61. The highest BCUT2D eigenvalue weighted by Gasteiger charge is 2.18. The van der Waals surface area contributed by atoms with Crippen LogP contribution in [0.5, 0.6) is 0 Å². The minimum absolute atomic E-state index is 0.224. The van der Waals surface area contributed by atoms with Gasteiger partial charge in [0.05, 0.1) is 12.2 Å². The van der Waals surface area contributed by atoms with Crippen molar-refractivity contribution in [1.82, 2.24) is 5.48 Å². The van der Waals surface area contributed by atoms with Crippen LogP contribution in [0, 0.1) is 5.92 Å². The number of hydrogen-bond donors (Lipinski definition) is 2. The first kappa shape index (κ1) is 14.5. The third kappa shape index (κ3) is 4.94. The van der Waals surface area contributed by atoms with Crippen molar-refractivity contribution in [3.8, 4) is 0 Å². The van der Waals surface area contributed by atoms with E-state index in [0.717, 1.165) is 19.3 Å². The lowest BCUT2D eigenvalue weighted by Gasteiger charge is -2.20. The van der Waals surface area contributed by atoms with Crippen molar-refractivity contribution in [2.75, 3.05) is 6.54 Å². The zero-order valence-corrected chi connectivity index (χ0v) is 11.7. The van der Waals surface area contributed by atoms with E-state index in [2.05, 4.69) is 24.5 Å². The molecule has 1 fully saturated rings. The van der Waals surface area contributed by atoms with Crippen molar-refractivity contribution in [1.29, 1.82) is 0 Å². The SMILES string of the molecule is C[C@@H](Cc1ccccc1)[C@H](O)CNOC1CCCC1. The Bertz CT molecular complexity index is 349. The lowest BCUT2D eigenvalue weighted by molar-refractivity contribution is -0.0433. The lowest BCUT2D eigenvalue weighted by Crippen LogP contribution is -2.34. The lowest BCUT2D eigenvalue weighted by atomic mass is 9.96. The molecule has 1 aromatic carbocycles. The highest BCUT2D eigenvalue weighted by Crippen LogP contribution is 2.20. The number of hydrogen-bond acceptors (Lipinski definition) is 3. The number of benzene rings is 1. The van der Waals surface area contributed by atoms with E-state index in [4.69, 9.17) is 4.84 Å². The van der Waals surface area contributed by atoms with E-state index < -0.39 is 0 Å². The number of rotatable bonds is 7. The number of aliphatic hydroxyl groups is 1. The van der Waals surface area contributed by atoms with Crippen molar-refractivity contribution in [3.05, 3.63) is 35.9 Å². The molecule has 3 nitrogen and oxygen atoms in total. The van der Waals surface area contributed by atoms with Crippen LogP contribution in [0.25, 0.3) is 0 Å². The molecule has 19 heavy (non-hydrogen) atoms. The molecule has 0 radical (unpaired) electrons. The summed E-state index contributed by atoms with van der Waals surface area (Å²) >= 11 is 0. The maximum Gasteiger partial charge on any atom is 0.0790 e. The Morgan fingerprint density at radius 2 is 1.95 bits per heavy atom. The van der Waals surface area contributed by atoms with Crippen molar-refractivity contribution >= 4 is 0 Å². The minimum atomic E-state index is -0.374. The van der Waals surface area contributed by atoms with Crippen LogP contribution in [0.3, 0.4) is 0 Å². The van der Waals surface area contributed by atoms with E-state index in [0.29, 0.717) is 12.6 Å². The smallest absolute Gasteiger partial charge is 0.0790 e. The third-order valence-corrected chi connectivity index (χ3v) is 3.90. The van der Waals surface area contributed by atoms with Crippen LogP contribution >= 0.6 is 0 Å². The summed E-state index contributed by atoms with van der Waals surface area (Å²) in [5, 5.41) is 10.1. The van der Waals surface area contributed by atoms with Gasteiger partial charge in [-0.05, 0) is 30.7 Å². The monoisotopic (exact) mass is 263 g/mol. The molecular weight excluding hydrogens is 238 g/mol. The fourth-order valence-electron chi connectivity index (χ4n) is 2.58. The third-order valence-electron chi connectivity index (χ3n) is 3.90. The van der Waals surface area contributed by atoms with E-state index in [-0.39, 0.29) is 12.0 Å². The van der Waals surface area contributed by atoms with Crippen LogP contribution in [-0.4, -0.2) is 23.9 Å².